The number of rotatable bonds is 5. The first-order valence-corrected chi connectivity index (χ1v) is 7.14. The van der Waals surface area contributed by atoms with Crippen molar-refractivity contribution in [2.24, 2.45) is 0 Å². The number of carbonyl (C=O) groups is 1. The van der Waals surface area contributed by atoms with Crippen molar-refractivity contribution in [1.82, 2.24) is 4.98 Å². The molecule has 0 amide bonds. The van der Waals surface area contributed by atoms with Gasteiger partial charge >= 0.3 is 5.97 Å². The van der Waals surface area contributed by atoms with Crippen LogP contribution in [0.5, 0.6) is 0 Å². The number of aryl methyl sites for hydroxylation is 1. The van der Waals surface area contributed by atoms with Gasteiger partial charge in [-0.05, 0) is 6.92 Å². The number of methoxy groups -OCH3 is 1. The second-order valence-electron chi connectivity index (χ2n) is 3.47. The predicted molar refractivity (Wildman–Crippen MR) is 64.8 cm³/mol. The summed E-state index contributed by atoms with van der Waals surface area (Å²) in [5.41, 5.74) is 0.831. The summed E-state index contributed by atoms with van der Waals surface area (Å²) in [6, 6.07) is 0. The lowest BCUT2D eigenvalue weighted by atomic mass is 10.3. The van der Waals surface area contributed by atoms with Crippen molar-refractivity contribution in [2.45, 2.75) is 31.3 Å². The zero-order chi connectivity index (χ0) is 12.1. The lowest BCUT2D eigenvalue weighted by Crippen LogP contribution is -2.18. The van der Waals surface area contributed by atoms with Crippen molar-refractivity contribution < 1.29 is 13.7 Å². The molecule has 4 nitrogen and oxygen atoms in total. The molecule has 0 saturated heterocycles. The second kappa shape index (κ2) is 6.10. The number of carbonyl (C=O) groups excluding carboxylic acids is 1. The van der Waals surface area contributed by atoms with Crippen molar-refractivity contribution in [3.8, 4) is 0 Å². The molecule has 0 N–H and O–H groups in total. The number of hydrogen-bond donors (Lipinski definition) is 0. The zero-order valence-electron chi connectivity index (χ0n) is 9.56. The van der Waals surface area contributed by atoms with E-state index in [1.165, 1.54) is 18.4 Å². The Bertz CT molecular complexity index is 389. The molecule has 0 spiro atoms. The lowest BCUT2D eigenvalue weighted by Gasteiger charge is -2.08. The Hall–Kier alpha value is -0.750. The highest BCUT2D eigenvalue weighted by molar-refractivity contribution is 7.84. The highest BCUT2D eigenvalue weighted by atomic mass is 32.2. The fourth-order valence-corrected chi connectivity index (χ4v) is 2.94. The molecular formula is C10H15NO3S2. The minimum Gasteiger partial charge on any atom is -0.469 e. The first-order chi connectivity index (χ1) is 7.52. The Morgan fingerprint density at radius 1 is 1.69 bits per heavy atom. The lowest BCUT2D eigenvalue weighted by molar-refractivity contribution is -0.140. The fourth-order valence-electron chi connectivity index (χ4n) is 1.17. The van der Waals surface area contributed by atoms with Gasteiger partial charge in [0, 0.05) is 21.4 Å². The summed E-state index contributed by atoms with van der Waals surface area (Å²) in [6.07, 6.45) is 0.187. The molecule has 1 heterocycles. The summed E-state index contributed by atoms with van der Waals surface area (Å²) < 4.78 is 16.4. The highest BCUT2D eigenvalue weighted by Crippen LogP contribution is 2.13. The average molecular weight is 261 g/mol. The van der Waals surface area contributed by atoms with Crippen molar-refractivity contribution in [3.05, 3.63) is 16.1 Å². The zero-order valence-corrected chi connectivity index (χ0v) is 11.2. The molecule has 1 aromatic rings. The minimum atomic E-state index is -1.08. The van der Waals surface area contributed by atoms with Gasteiger partial charge in [0.05, 0.1) is 30.0 Å². The van der Waals surface area contributed by atoms with Crippen LogP contribution in [-0.2, 0) is 26.1 Å². The number of ether oxygens (including phenoxy) is 1. The normalized spacial score (nSPS) is 14.4. The third kappa shape index (κ3) is 4.02. The molecule has 0 bridgehead atoms. The summed E-state index contributed by atoms with van der Waals surface area (Å²) >= 11 is 1.54. The Morgan fingerprint density at radius 3 is 2.88 bits per heavy atom. The summed E-state index contributed by atoms with van der Waals surface area (Å²) in [5, 5.41) is 2.67. The first-order valence-electron chi connectivity index (χ1n) is 4.88. The van der Waals surface area contributed by atoms with Crippen LogP contribution in [0, 0.1) is 6.92 Å². The molecular weight excluding hydrogens is 246 g/mol. The average Bonchev–Trinajstić information content (AvgIpc) is 2.63. The third-order valence-electron chi connectivity index (χ3n) is 2.09. The van der Waals surface area contributed by atoms with Crippen LogP contribution in [0.2, 0.25) is 0 Å². The molecule has 90 valence electrons. The first kappa shape index (κ1) is 13.3. The van der Waals surface area contributed by atoms with Crippen molar-refractivity contribution in [2.75, 3.05) is 7.11 Å². The van der Waals surface area contributed by atoms with E-state index < -0.39 is 10.8 Å². The van der Waals surface area contributed by atoms with E-state index in [0.717, 1.165) is 10.7 Å². The molecule has 0 radical (unpaired) electrons. The van der Waals surface area contributed by atoms with E-state index in [9.17, 15) is 9.00 Å². The molecule has 1 rings (SSSR count). The van der Waals surface area contributed by atoms with Gasteiger partial charge in [0.25, 0.3) is 0 Å². The Kier molecular flexibility index (Phi) is 5.08. The molecule has 0 aliphatic carbocycles. The van der Waals surface area contributed by atoms with Crippen LogP contribution < -0.4 is 0 Å². The monoisotopic (exact) mass is 261 g/mol. The van der Waals surface area contributed by atoms with Crippen LogP contribution in [0.15, 0.2) is 5.38 Å². The Balaban J connectivity index is 2.49. The molecule has 6 heteroatoms. The molecule has 0 saturated carbocycles. The maximum absolute atomic E-state index is 11.8. The molecule has 2 unspecified atom stereocenters. The van der Waals surface area contributed by atoms with Crippen molar-refractivity contribution in [1.29, 1.82) is 0 Å². The number of aromatic nitrogens is 1. The van der Waals surface area contributed by atoms with Gasteiger partial charge in [-0.2, -0.15) is 0 Å². The van der Waals surface area contributed by atoms with E-state index >= 15 is 0 Å². The number of esters is 1. The summed E-state index contributed by atoms with van der Waals surface area (Å²) in [6.45, 7) is 3.70. The van der Waals surface area contributed by atoms with Crippen molar-refractivity contribution >= 4 is 28.1 Å². The Morgan fingerprint density at radius 2 is 2.38 bits per heavy atom. The minimum absolute atomic E-state index is 0.187. The molecule has 2 atom stereocenters. The van der Waals surface area contributed by atoms with Crippen LogP contribution in [-0.4, -0.2) is 27.5 Å². The number of thiazole rings is 1. The Labute approximate surface area is 101 Å². The smallest absolute Gasteiger partial charge is 0.306 e. The van der Waals surface area contributed by atoms with Gasteiger partial charge in [0.1, 0.15) is 0 Å². The number of hydrogen-bond acceptors (Lipinski definition) is 5. The van der Waals surface area contributed by atoms with E-state index in [0.29, 0.717) is 5.75 Å². The van der Waals surface area contributed by atoms with Crippen LogP contribution >= 0.6 is 11.3 Å². The molecule has 0 aliphatic heterocycles. The number of nitrogens with zero attached hydrogens (tertiary/aromatic N) is 1. The van der Waals surface area contributed by atoms with Crippen LogP contribution in [0.3, 0.4) is 0 Å². The van der Waals surface area contributed by atoms with Crippen LogP contribution in [0.4, 0.5) is 0 Å². The summed E-state index contributed by atoms with van der Waals surface area (Å²) in [4.78, 5) is 15.3. The topological polar surface area (TPSA) is 56.3 Å². The van der Waals surface area contributed by atoms with Gasteiger partial charge in [-0.15, -0.1) is 11.3 Å². The maximum atomic E-state index is 11.8. The largest absolute Gasteiger partial charge is 0.469 e. The van der Waals surface area contributed by atoms with E-state index in [4.69, 9.17) is 0 Å². The van der Waals surface area contributed by atoms with Gasteiger partial charge in [0.15, 0.2) is 0 Å². The van der Waals surface area contributed by atoms with E-state index in [1.807, 2.05) is 12.3 Å². The predicted octanol–water partition coefficient (Wildman–Crippen LogP) is 1.65. The van der Waals surface area contributed by atoms with Gasteiger partial charge in [-0.3, -0.25) is 9.00 Å². The van der Waals surface area contributed by atoms with Gasteiger partial charge in [0.2, 0.25) is 0 Å². The summed E-state index contributed by atoms with van der Waals surface area (Å²) in [5.74, 6) is 0.0815. The molecule has 0 aromatic carbocycles. The highest BCUT2D eigenvalue weighted by Gasteiger charge is 2.17. The van der Waals surface area contributed by atoms with Gasteiger partial charge in [-0.25, -0.2) is 4.98 Å². The maximum Gasteiger partial charge on any atom is 0.306 e. The second-order valence-corrected chi connectivity index (χ2v) is 6.39. The van der Waals surface area contributed by atoms with Crippen LogP contribution in [0.1, 0.15) is 24.0 Å². The molecule has 1 aromatic heterocycles. The molecule has 0 fully saturated rings. The van der Waals surface area contributed by atoms with E-state index in [2.05, 4.69) is 9.72 Å². The molecule has 16 heavy (non-hydrogen) atoms. The van der Waals surface area contributed by atoms with E-state index in [-0.39, 0.29) is 17.6 Å². The third-order valence-corrected chi connectivity index (χ3v) is 4.55. The molecule has 0 aliphatic rings. The van der Waals surface area contributed by atoms with Gasteiger partial charge < -0.3 is 4.74 Å². The van der Waals surface area contributed by atoms with Gasteiger partial charge in [-0.1, -0.05) is 6.92 Å². The quantitative estimate of drug-likeness (QED) is 0.756. The SMILES string of the molecule is COC(=O)CC(C)S(=O)Cc1csc(C)n1. The fraction of sp³-hybridized carbons (Fsp3) is 0.600. The van der Waals surface area contributed by atoms with Crippen molar-refractivity contribution in [3.63, 3.8) is 0 Å². The van der Waals surface area contributed by atoms with E-state index in [1.54, 1.807) is 6.92 Å². The van der Waals surface area contributed by atoms with Crippen LogP contribution in [0.25, 0.3) is 0 Å². The summed E-state index contributed by atoms with van der Waals surface area (Å²) in [7, 11) is 0.254. The standard InChI is InChI=1S/C10H15NO3S2/c1-7(4-10(12)14-3)16(13)6-9-5-15-8(2)11-9/h5,7H,4,6H2,1-3H3.